The highest BCUT2D eigenvalue weighted by molar-refractivity contribution is 5.92. The number of ether oxygens (including phenoxy) is 7. The Hall–Kier alpha value is -3.82. The van der Waals surface area contributed by atoms with Crippen LogP contribution in [-0.4, -0.2) is 66.8 Å². The number of benzene rings is 2. The van der Waals surface area contributed by atoms with Gasteiger partial charge in [0.2, 0.25) is 11.5 Å². The average Bonchev–Trinajstić information content (AvgIpc) is 2.81. The minimum absolute atomic E-state index is 0.134. The molecule has 0 amide bonds. The highest BCUT2D eigenvalue weighted by Gasteiger charge is 2.21. The molecule has 0 atom stereocenters. The molecule has 0 fully saturated rings. The number of aromatic carboxylic acids is 1. The van der Waals surface area contributed by atoms with Crippen molar-refractivity contribution in [3.63, 3.8) is 0 Å². The molecular weight excluding hydrogens is 424 g/mol. The van der Waals surface area contributed by atoms with Crippen molar-refractivity contribution in [2.24, 2.45) is 0 Å². The van der Waals surface area contributed by atoms with E-state index < -0.39 is 11.9 Å². The summed E-state index contributed by atoms with van der Waals surface area (Å²) in [5.74, 6) is 0.896. The Labute approximate surface area is 186 Å². The highest BCUT2D eigenvalue weighted by Crippen LogP contribution is 2.41. The molecule has 0 aromatic heterocycles. The normalized spacial score (nSPS) is 9.62. The van der Waals surface area contributed by atoms with E-state index in [-0.39, 0.29) is 5.56 Å². The zero-order valence-electron chi connectivity index (χ0n) is 19.4. The van der Waals surface area contributed by atoms with Gasteiger partial charge in [-0.15, -0.1) is 0 Å². The summed E-state index contributed by atoms with van der Waals surface area (Å²) in [5.41, 5.74) is 0.985. The molecule has 176 valence electrons. The first kappa shape index (κ1) is 26.2. The van der Waals surface area contributed by atoms with Crippen LogP contribution in [0.4, 0.5) is 0 Å². The van der Waals surface area contributed by atoms with Crippen LogP contribution in [0.5, 0.6) is 34.5 Å². The van der Waals surface area contributed by atoms with Gasteiger partial charge in [-0.3, -0.25) is 0 Å². The number of carboxylic acids is 1. The number of carboxylic acid groups (broad SMARTS) is 1. The second-order valence-corrected chi connectivity index (χ2v) is 6.03. The van der Waals surface area contributed by atoms with Gasteiger partial charge in [-0.2, -0.15) is 0 Å². The van der Waals surface area contributed by atoms with E-state index in [9.17, 15) is 9.59 Å². The Morgan fingerprint density at radius 3 is 1.44 bits per heavy atom. The second-order valence-electron chi connectivity index (χ2n) is 6.03. The summed E-state index contributed by atoms with van der Waals surface area (Å²) < 4.78 is 35.3. The van der Waals surface area contributed by atoms with Crippen molar-refractivity contribution in [3.8, 4) is 34.5 Å². The maximum atomic E-state index is 11.4. The minimum atomic E-state index is -1.03. The summed E-state index contributed by atoms with van der Waals surface area (Å²) in [7, 11) is 10.1. The van der Waals surface area contributed by atoms with Crippen molar-refractivity contribution in [2.45, 2.75) is 6.92 Å². The Balaban J connectivity index is 0.000000320. The lowest BCUT2D eigenvalue weighted by atomic mass is 10.1. The zero-order chi connectivity index (χ0) is 24.4. The Morgan fingerprint density at radius 1 is 0.656 bits per heavy atom. The molecule has 0 radical (unpaired) electrons. The molecule has 0 saturated carbocycles. The van der Waals surface area contributed by atoms with E-state index in [1.54, 1.807) is 6.92 Å². The quantitative estimate of drug-likeness (QED) is 0.598. The highest BCUT2D eigenvalue weighted by atomic mass is 16.5. The molecule has 0 aliphatic rings. The van der Waals surface area contributed by atoms with Gasteiger partial charge in [-0.1, -0.05) is 0 Å². The Bertz CT molecular complexity index is 927. The first-order valence-electron chi connectivity index (χ1n) is 9.15. The molecule has 10 nitrogen and oxygen atoms in total. The molecule has 0 saturated heterocycles. The number of carbonyl (C=O) groups is 2. The smallest absolute Gasteiger partial charge is 0.338 e. The van der Waals surface area contributed by atoms with Crippen LogP contribution < -0.4 is 28.4 Å². The van der Waals surface area contributed by atoms with E-state index in [2.05, 4.69) is 4.74 Å². The maximum absolute atomic E-state index is 11.4. The van der Waals surface area contributed by atoms with E-state index in [1.165, 1.54) is 68.0 Å². The number of methoxy groups -OCH3 is 7. The predicted molar refractivity (Wildman–Crippen MR) is 115 cm³/mol. The van der Waals surface area contributed by atoms with Crippen LogP contribution in [-0.2, 0) is 4.74 Å². The molecule has 2 rings (SSSR count). The lowest BCUT2D eigenvalue weighted by molar-refractivity contribution is 0.0599. The van der Waals surface area contributed by atoms with Crippen molar-refractivity contribution in [2.75, 3.05) is 49.8 Å². The predicted octanol–water partition coefficient (Wildman–Crippen LogP) is 3.22. The molecular formula is C22H28O10. The Kier molecular flexibility index (Phi) is 9.94. The summed E-state index contributed by atoms with van der Waals surface area (Å²) in [4.78, 5) is 22.4. The minimum Gasteiger partial charge on any atom is -0.493 e. The standard InChI is InChI=1S/2C11H14O5/c1-13-8-5-7(11(12)16-4)6-9(14-2)10(8)15-3;1-6-7(11(12)13)5-8(14-2)10(16-4)9(6)15-3/h5-6H,1-4H3;5H,1-4H3,(H,12,13). The van der Waals surface area contributed by atoms with Crippen LogP contribution in [0, 0.1) is 6.92 Å². The number of hydrogen-bond donors (Lipinski definition) is 1. The molecule has 2 aromatic carbocycles. The maximum Gasteiger partial charge on any atom is 0.338 e. The van der Waals surface area contributed by atoms with E-state index in [0.29, 0.717) is 45.6 Å². The third-order valence-electron chi connectivity index (χ3n) is 4.39. The third-order valence-corrected chi connectivity index (χ3v) is 4.39. The van der Waals surface area contributed by atoms with Crippen LogP contribution in [0.25, 0.3) is 0 Å². The van der Waals surface area contributed by atoms with Gasteiger partial charge in [0.25, 0.3) is 0 Å². The molecule has 32 heavy (non-hydrogen) atoms. The van der Waals surface area contributed by atoms with Gasteiger partial charge in [0.15, 0.2) is 23.0 Å². The average molecular weight is 452 g/mol. The van der Waals surface area contributed by atoms with E-state index >= 15 is 0 Å². The van der Waals surface area contributed by atoms with Gasteiger partial charge in [-0.05, 0) is 25.1 Å². The molecule has 10 heteroatoms. The molecule has 0 heterocycles. The molecule has 1 N–H and O–H groups in total. The van der Waals surface area contributed by atoms with Crippen LogP contribution in [0.15, 0.2) is 18.2 Å². The van der Waals surface area contributed by atoms with Crippen molar-refractivity contribution < 1.29 is 47.9 Å². The van der Waals surface area contributed by atoms with Crippen LogP contribution in [0.2, 0.25) is 0 Å². The summed E-state index contributed by atoms with van der Waals surface area (Å²) in [6.07, 6.45) is 0. The molecule has 0 aliphatic heterocycles. The molecule has 0 aliphatic carbocycles. The van der Waals surface area contributed by atoms with Crippen molar-refractivity contribution in [1.29, 1.82) is 0 Å². The second kappa shape index (κ2) is 12.1. The fourth-order valence-corrected chi connectivity index (χ4v) is 2.84. The van der Waals surface area contributed by atoms with Crippen LogP contribution in [0.1, 0.15) is 26.3 Å². The van der Waals surface area contributed by atoms with Gasteiger partial charge < -0.3 is 38.3 Å². The number of esters is 1. The first-order chi connectivity index (χ1) is 15.2. The van der Waals surface area contributed by atoms with Crippen LogP contribution in [0.3, 0.4) is 0 Å². The lowest BCUT2D eigenvalue weighted by Gasteiger charge is -2.15. The fourth-order valence-electron chi connectivity index (χ4n) is 2.84. The topological polar surface area (TPSA) is 119 Å². The summed E-state index contributed by atoms with van der Waals surface area (Å²) >= 11 is 0. The van der Waals surface area contributed by atoms with Crippen molar-refractivity contribution in [3.05, 3.63) is 34.9 Å². The van der Waals surface area contributed by atoms with E-state index in [0.717, 1.165) is 0 Å². The SMILES string of the molecule is COC(=O)c1cc(OC)c(OC)c(OC)c1.COc1cc(C(=O)O)c(C)c(OC)c1OC. The molecule has 0 bridgehead atoms. The Morgan fingerprint density at radius 2 is 1.09 bits per heavy atom. The summed E-state index contributed by atoms with van der Waals surface area (Å²) in [6.45, 7) is 1.66. The van der Waals surface area contributed by atoms with Crippen LogP contribution >= 0.6 is 0 Å². The zero-order valence-corrected chi connectivity index (χ0v) is 19.4. The van der Waals surface area contributed by atoms with Gasteiger partial charge in [0, 0.05) is 5.56 Å². The number of hydrogen-bond acceptors (Lipinski definition) is 9. The summed E-state index contributed by atoms with van der Waals surface area (Å²) in [6, 6.07) is 4.49. The van der Waals surface area contributed by atoms with Gasteiger partial charge >= 0.3 is 11.9 Å². The van der Waals surface area contributed by atoms with Gasteiger partial charge in [0.1, 0.15) is 0 Å². The first-order valence-corrected chi connectivity index (χ1v) is 9.15. The number of rotatable bonds is 8. The fraction of sp³-hybridized carbons (Fsp3) is 0.364. The van der Waals surface area contributed by atoms with E-state index in [1.807, 2.05) is 0 Å². The molecule has 0 spiro atoms. The monoisotopic (exact) mass is 452 g/mol. The van der Waals surface area contributed by atoms with Gasteiger partial charge in [0.05, 0.1) is 60.9 Å². The van der Waals surface area contributed by atoms with Gasteiger partial charge in [-0.25, -0.2) is 9.59 Å². The van der Waals surface area contributed by atoms with Crippen molar-refractivity contribution in [1.82, 2.24) is 0 Å². The van der Waals surface area contributed by atoms with Crippen molar-refractivity contribution >= 4 is 11.9 Å². The summed E-state index contributed by atoms with van der Waals surface area (Å²) in [5, 5.41) is 9.02. The lowest BCUT2D eigenvalue weighted by Crippen LogP contribution is -2.05. The molecule has 0 unspecified atom stereocenters. The third kappa shape index (κ3) is 5.65. The molecule has 2 aromatic rings. The van der Waals surface area contributed by atoms with E-state index in [4.69, 9.17) is 33.5 Å². The number of carbonyl (C=O) groups excluding carboxylic acids is 1. The largest absolute Gasteiger partial charge is 0.493 e.